The number of aliphatic hydroxyl groups is 1. The highest BCUT2D eigenvalue weighted by Gasteiger charge is 2.16. The van der Waals surface area contributed by atoms with E-state index in [4.69, 9.17) is 4.55 Å². The van der Waals surface area contributed by atoms with Gasteiger partial charge in [-0.1, -0.05) is 95.2 Å². The number of aliphatic hydroxyl groups excluding tert-OH is 1. The van der Waals surface area contributed by atoms with Crippen molar-refractivity contribution in [1.29, 1.82) is 0 Å². The average Bonchev–Trinajstić information content (AvgIpc) is 2.68. The number of unbranched alkanes of at least 4 members (excludes halogenated alkanes) is 7. The van der Waals surface area contributed by atoms with Gasteiger partial charge in [0.05, 0.1) is 11.9 Å². The molecule has 0 aliphatic rings. The van der Waals surface area contributed by atoms with Crippen molar-refractivity contribution in [2.24, 2.45) is 0 Å². The lowest BCUT2D eigenvalue weighted by atomic mass is 10.0. The summed E-state index contributed by atoms with van der Waals surface area (Å²) in [5.74, 6) is -0.340. The van der Waals surface area contributed by atoms with E-state index >= 15 is 0 Å². The van der Waals surface area contributed by atoms with Gasteiger partial charge in [0.2, 0.25) is 0 Å². The Bertz CT molecular complexity index is 675. The molecule has 0 saturated carbocycles. The largest absolute Gasteiger partial charge is 0.392 e. The van der Waals surface area contributed by atoms with Crippen LogP contribution in [0.25, 0.3) is 6.08 Å². The van der Waals surface area contributed by atoms with Crippen molar-refractivity contribution in [3.8, 4) is 0 Å². The fourth-order valence-electron chi connectivity index (χ4n) is 3.50. The predicted octanol–water partition coefficient (Wildman–Crippen LogP) is 4.91. The lowest BCUT2D eigenvalue weighted by molar-refractivity contribution is 0.102. The Kier molecular flexibility index (Phi) is 13.1. The normalized spacial score (nSPS) is 13.0. The van der Waals surface area contributed by atoms with Crippen LogP contribution in [0.5, 0.6) is 0 Å². The zero-order valence-electron chi connectivity index (χ0n) is 17.9. The third kappa shape index (κ3) is 12.9. The Hall–Kier alpha value is -1.21. The fraction of sp³-hybridized carbons (Fsp3) is 0.652. The van der Waals surface area contributed by atoms with E-state index in [-0.39, 0.29) is 12.3 Å². The lowest BCUT2D eigenvalue weighted by Crippen LogP contribution is -2.35. The Morgan fingerprint density at radius 2 is 1.69 bits per heavy atom. The van der Waals surface area contributed by atoms with Crippen LogP contribution in [-0.2, 0) is 16.7 Å². The van der Waals surface area contributed by atoms with Gasteiger partial charge >= 0.3 is 0 Å². The Balaban J connectivity index is 2.48. The van der Waals surface area contributed by atoms with E-state index in [2.05, 4.69) is 13.5 Å². The highest BCUT2D eigenvalue weighted by atomic mass is 32.2. The van der Waals surface area contributed by atoms with E-state index in [1.807, 2.05) is 29.2 Å². The molecule has 0 spiro atoms. The molecule has 1 atom stereocenters. The van der Waals surface area contributed by atoms with Gasteiger partial charge in [-0.15, -0.1) is 0 Å². The standard InChI is InChI=1S/C23H39NO4S/c1-3-5-6-7-8-9-10-11-16-23(25)20-24(17-18-29(26,27)28)19-22-15-13-12-14-21(22)4-2/h4,12-15,23,25H,2-3,5-11,16-20H2,1H3,(H,26,27,28). The molecule has 1 rings (SSSR count). The molecule has 29 heavy (non-hydrogen) atoms. The van der Waals surface area contributed by atoms with E-state index in [9.17, 15) is 13.5 Å². The Morgan fingerprint density at radius 1 is 1.07 bits per heavy atom. The monoisotopic (exact) mass is 425 g/mol. The quantitative estimate of drug-likeness (QED) is 0.274. The summed E-state index contributed by atoms with van der Waals surface area (Å²) in [5, 5.41) is 10.5. The van der Waals surface area contributed by atoms with E-state index in [1.165, 1.54) is 38.5 Å². The van der Waals surface area contributed by atoms with Crippen LogP contribution in [0.15, 0.2) is 30.8 Å². The average molecular weight is 426 g/mol. The molecule has 0 fully saturated rings. The predicted molar refractivity (Wildman–Crippen MR) is 121 cm³/mol. The molecule has 1 aromatic rings. The van der Waals surface area contributed by atoms with Gasteiger partial charge in [-0.05, 0) is 17.5 Å². The number of nitrogens with zero attached hydrogens (tertiary/aromatic N) is 1. The summed E-state index contributed by atoms with van der Waals surface area (Å²) in [5.41, 5.74) is 2.01. The van der Waals surface area contributed by atoms with Gasteiger partial charge in [0, 0.05) is 19.6 Å². The number of rotatable bonds is 17. The maximum Gasteiger partial charge on any atom is 0.266 e. The third-order valence-corrected chi connectivity index (χ3v) is 5.89. The van der Waals surface area contributed by atoms with Crippen LogP contribution in [0.4, 0.5) is 0 Å². The highest BCUT2D eigenvalue weighted by molar-refractivity contribution is 7.85. The van der Waals surface area contributed by atoms with Crippen molar-refractivity contribution < 1.29 is 18.1 Å². The van der Waals surface area contributed by atoms with Crippen molar-refractivity contribution in [2.75, 3.05) is 18.8 Å². The molecular formula is C23H39NO4S. The van der Waals surface area contributed by atoms with Crippen molar-refractivity contribution >= 4 is 16.2 Å². The molecule has 0 heterocycles. The molecule has 0 bridgehead atoms. The maximum atomic E-state index is 11.2. The number of hydrogen-bond donors (Lipinski definition) is 2. The summed E-state index contributed by atoms with van der Waals surface area (Å²) >= 11 is 0. The molecule has 0 amide bonds. The van der Waals surface area contributed by atoms with Gasteiger partial charge in [-0.25, -0.2) is 0 Å². The molecule has 0 aromatic heterocycles. The summed E-state index contributed by atoms with van der Waals surface area (Å²) in [7, 11) is -4.04. The first-order valence-electron chi connectivity index (χ1n) is 10.9. The van der Waals surface area contributed by atoms with Crippen molar-refractivity contribution in [3.05, 3.63) is 42.0 Å². The zero-order chi connectivity index (χ0) is 21.5. The molecule has 1 aromatic carbocycles. The Labute approximate surface area is 177 Å². The van der Waals surface area contributed by atoms with Crippen LogP contribution in [0.1, 0.15) is 75.8 Å². The first kappa shape index (κ1) is 25.8. The molecule has 0 aliphatic carbocycles. The van der Waals surface area contributed by atoms with Crippen LogP contribution >= 0.6 is 0 Å². The number of benzene rings is 1. The van der Waals surface area contributed by atoms with Crippen molar-refractivity contribution in [2.45, 2.75) is 77.4 Å². The molecule has 166 valence electrons. The van der Waals surface area contributed by atoms with Crippen LogP contribution in [-0.4, -0.2) is 47.9 Å². The van der Waals surface area contributed by atoms with Gasteiger partial charge in [-0.2, -0.15) is 8.42 Å². The van der Waals surface area contributed by atoms with Gasteiger partial charge < -0.3 is 5.11 Å². The minimum absolute atomic E-state index is 0.179. The molecule has 5 nitrogen and oxygen atoms in total. The van der Waals surface area contributed by atoms with E-state index in [0.717, 1.165) is 24.0 Å². The Morgan fingerprint density at radius 3 is 2.31 bits per heavy atom. The molecule has 6 heteroatoms. The first-order valence-corrected chi connectivity index (χ1v) is 12.5. The second-order valence-corrected chi connectivity index (χ2v) is 9.41. The van der Waals surface area contributed by atoms with Gasteiger partial charge in [0.25, 0.3) is 10.1 Å². The van der Waals surface area contributed by atoms with Crippen LogP contribution in [0.3, 0.4) is 0 Å². The molecule has 0 saturated heterocycles. The minimum atomic E-state index is -4.04. The van der Waals surface area contributed by atoms with E-state index in [1.54, 1.807) is 6.08 Å². The molecular weight excluding hydrogens is 386 g/mol. The van der Waals surface area contributed by atoms with Crippen LogP contribution in [0.2, 0.25) is 0 Å². The van der Waals surface area contributed by atoms with Crippen LogP contribution < -0.4 is 0 Å². The molecule has 1 unspecified atom stereocenters. The van der Waals surface area contributed by atoms with Gasteiger partial charge in [0.1, 0.15) is 0 Å². The minimum Gasteiger partial charge on any atom is -0.392 e. The SMILES string of the molecule is C=Cc1ccccc1CN(CCS(=O)(=O)O)CC(O)CCCCCCCCCC. The van der Waals surface area contributed by atoms with E-state index in [0.29, 0.717) is 19.5 Å². The third-order valence-electron chi connectivity index (χ3n) is 5.19. The van der Waals surface area contributed by atoms with Gasteiger partial charge in [0.15, 0.2) is 0 Å². The fourth-order valence-corrected chi connectivity index (χ4v) is 3.99. The highest BCUT2D eigenvalue weighted by Crippen LogP contribution is 2.15. The smallest absolute Gasteiger partial charge is 0.266 e. The first-order chi connectivity index (χ1) is 13.9. The van der Waals surface area contributed by atoms with Gasteiger partial charge in [-0.3, -0.25) is 9.45 Å². The lowest BCUT2D eigenvalue weighted by Gasteiger charge is -2.25. The zero-order valence-corrected chi connectivity index (χ0v) is 18.7. The summed E-state index contributed by atoms with van der Waals surface area (Å²) in [4.78, 5) is 1.89. The van der Waals surface area contributed by atoms with Crippen molar-refractivity contribution in [1.82, 2.24) is 4.90 Å². The van der Waals surface area contributed by atoms with Crippen molar-refractivity contribution in [3.63, 3.8) is 0 Å². The summed E-state index contributed by atoms with van der Waals surface area (Å²) in [6.07, 6.45) is 11.7. The maximum absolute atomic E-state index is 11.2. The summed E-state index contributed by atoms with van der Waals surface area (Å²) in [6, 6.07) is 7.79. The molecule has 0 aliphatic heterocycles. The molecule has 2 N–H and O–H groups in total. The second kappa shape index (κ2) is 14.7. The summed E-state index contributed by atoms with van der Waals surface area (Å²) in [6.45, 7) is 7.11. The topological polar surface area (TPSA) is 77.8 Å². The number of hydrogen-bond acceptors (Lipinski definition) is 4. The summed E-state index contributed by atoms with van der Waals surface area (Å²) < 4.78 is 31.5. The second-order valence-electron chi connectivity index (χ2n) is 7.84. The van der Waals surface area contributed by atoms with E-state index < -0.39 is 16.2 Å². The molecule has 0 radical (unpaired) electrons. The van der Waals surface area contributed by atoms with Crippen LogP contribution in [0, 0.1) is 0 Å².